The summed E-state index contributed by atoms with van der Waals surface area (Å²) in [6, 6.07) is 0.839. The van der Waals surface area contributed by atoms with E-state index in [0.29, 0.717) is 0 Å². The van der Waals surface area contributed by atoms with E-state index in [-0.39, 0.29) is 0 Å². The molecule has 1 heterocycles. The van der Waals surface area contributed by atoms with Gasteiger partial charge in [0.2, 0.25) is 0 Å². The summed E-state index contributed by atoms with van der Waals surface area (Å²) in [6.07, 6.45) is 5.37. The fourth-order valence-corrected chi connectivity index (χ4v) is 2.03. The third kappa shape index (κ3) is 4.10. The van der Waals surface area contributed by atoms with Gasteiger partial charge < -0.3 is 10.2 Å². The van der Waals surface area contributed by atoms with Crippen molar-refractivity contribution in [3.05, 3.63) is 0 Å². The summed E-state index contributed by atoms with van der Waals surface area (Å²) in [6.45, 7) is 9.56. The molecule has 1 saturated heterocycles. The van der Waals surface area contributed by atoms with Gasteiger partial charge in [-0.1, -0.05) is 6.92 Å². The third-order valence-electron chi connectivity index (χ3n) is 2.92. The zero-order chi connectivity index (χ0) is 9.52. The van der Waals surface area contributed by atoms with Gasteiger partial charge in [0.15, 0.2) is 0 Å². The predicted molar refractivity (Wildman–Crippen MR) is 58.0 cm³/mol. The maximum atomic E-state index is 3.45. The fourth-order valence-electron chi connectivity index (χ4n) is 2.03. The summed E-state index contributed by atoms with van der Waals surface area (Å²) >= 11 is 0. The Bertz CT molecular complexity index is 125. The highest BCUT2D eigenvalue weighted by Crippen LogP contribution is 2.15. The van der Waals surface area contributed by atoms with Gasteiger partial charge in [0.05, 0.1) is 0 Å². The Kier molecular flexibility index (Phi) is 5.40. The lowest BCUT2D eigenvalue weighted by molar-refractivity contribution is 0.264. The Hall–Kier alpha value is -0.0800. The Morgan fingerprint density at radius 3 is 2.85 bits per heavy atom. The molecule has 0 radical (unpaired) electrons. The van der Waals surface area contributed by atoms with Gasteiger partial charge in [-0.3, -0.25) is 0 Å². The van der Waals surface area contributed by atoms with Gasteiger partial charge in [0.1, 0.15) is 0 Å². The van der Waals surface area contributed by atoms with Crippen LogP contribution in [0.15, 0.2) is 0 Å². The van der Waals surface area contributed by atoms with Crippen molar-refractivity contribution in [3.63, 3.8) is 0 Å². The number of likely N-dealkylation sites (tertiary alicyclic amines) is 1. The van der Waals surface area contributed by atoms with Crippen LogP contribution in [0, 0.1) is 0 Å². The van der Waals surface area contributed by atoms with Crippen molar-refractivity contribution < 1.29 is 0 Å². The summed E-state index contributed by atoms with van der Waals surface area (Å²) in [5.41, 5.74) is 0. The number of rotatable bonds is 6. The molecule has 0 aromatic rings. The van der Waals surface area contributed by atoms with E-state index in [0.717, 1.165) is 6.04 Å². The van der Waals surface area contributed by atoms with E-state index < -0.39 is 0 Å². The van der Waals surface area contributed by atoms with Crippen molar-refractivity contribution in [2.24, 2.45) is 0 Å². The molecule has 0 amide bonds. The molecule has 13 heavy (non-hydrogen) atoms. The maximum absolute atomic E-state index is 3.45. The van der Waals surface area contributed by atoms with Crippen LogP contribution in [0.1, 0.15) is 39.5 Å². The van der Waals surface area contributed by atoms with Crippen LogP contribution in [0.25, 0.3) is 0 Å². The van der Waals surface area contributed by atoms with E-state index in [4.69, 9.17) is 0 Å². The van der Waals surface area contributed by atoms with Crippen molar-refractivity contribution in [2.45, 2.75) is 45.6 Å². The minimum Gasteiger partial charge on any atom is -0.317 e. The second-order valence-electron chi connectivity index (χ2n) is 4.13. The first-order chi connectivity index (χ1) is 6.34. The lowest BCUT2D eigenvalue weighted by Gasteiger charge is -2.20. The molecule has 1 atom stereocenters. The highest BCUT2D eigenvalue weighted by atomic mass is 15.2. The third-order valence-corrected chi connectivity index (χ3v) is 2.92. The first kappa shape index (κ1) is 11.0. The Balaban J connectivity index is 1.93. The van der Waals surface area contributed by atoms with Crippen LogP contribution >= 0.6 is 0 Å². The number of hydrogen-bond acceptors (Lipinski definition) is 2. The standard InChI is InChI=1S/C11H24N2/c1-3-7-12-8-5-10-13-9-4-6-11(13)2/h11-12H,3-10H2,1-2H3. The molecule has 1 rings (SSSR count). The molecule has 1 aliphatic heterocycles. The summed E-state index contributed by atoms with van der Waals surface area (Å²) in [5.74, 6) is 0. The first-order valence-corrected chi connectivity index (χ1v) is 5.79. The number of hydrogen-bond donors (Lipinski definition) is 1. The molecule has 0 aromatic carbocycles. The van der Waals surface area contributed by atoms with E-state index in [2.05, 4.69) is 24.1 Å². The average Bonchev–Trinajstić information content (AvgIpc) is 2.52. The predicted octanol–water partition coefficient (Wildman–Crippen LogP) is 1.86. The lowest BCUT2D eigenvalue weighted by atomic mass is 10.2. The maximum Gasteiger partial charge on any atom is 0.00674 e. The van der Waals surface area contributed by atoms with Gasteiger partial charge in [-0.25, -0.2) is 0 Å². The molecule has 0 saturated carbocycles. The van der Waals surface area contributed by atoms with Gasteiger partial charge in [-0.05, 0) is 58.8 Å². The second-order valence-corrected chi connectivity index (χ2v) is 4.13. The molecule has 78 valence electrons. The van der Waals surface area contributed by atoms with Gasteiger partial charge >= 0.3 is 0 Å². The van der Waals surface area contributed by atoms with Crippen molar-refractivity contribution in [1.29, 1.82) is 0 Å². The highest BCUT2D eigenvalue weighted by Gasteiger charge is 2.18. The summed E-state index contributed by atoms with van der Waals surface area (Å²) < 4.78 is 0. The Labute approximate surface area is 82.7 Å². The average molecular weight is 184 g/mol. The molecule has 2 heteroatoms. The summed E-state index contributed by atoms with van der Waals surface area (Å²) in [4.78, 5) is 2.62. The van der Waals surface area contributed by atoms with E-state index >= 15 is 0 Å². The zero-order valence-electron chi connectivity index (χ0n) is 9.18. The van der Waals surface area contributed by atoms with E-state index in [1.54, 1.807) is 0 Å². The minimum atomic E-state index is 0.839. The van der Waals surface area contributed by atoms with Crippen molar-refractivity contribution in [3.8, 4) is 0 Å². The lowest BCUT2D eigenvalue weighted by Crippen LogP contribution is -2.30. The SMILES string of the molecule is CCCNCCCN1CCCC1C. The summed E-state index contributed by atoms with van der Waals surface area (Å²) in [7, 11) is 0. The molecular formula is C11H24N2. The largest absolute Gasteiger partial charge is 0.317 e. The first-order valence-electron chi connectivity index (χ1n) is 5.79. The van der Waals surface area contributed by atoms with Crippen LogP contribution in [0.3, 0.4) is 0 Å². The van der Waals surface area contributed by atoms with E-state index in [1.165, 1.54) is 51.9 Å². The van der Waals surface area contributed by atoms with Crippen LogP contribution < -0.4 is 5.32 Å². The monoisotopic (exact) mass is 184 g/mol. The molecule has 1 N–H and O–H groups in total. The number of nitrogens with zero attached hydrogens (tertiary/aromatic N) is 1. The van der Waals surface area contributed by atoms with E-state index in [1.807, 2.05) is 0 Å². The summed E-state index contributed by atoms with van der Waals surface area (Å²) in [5, 5.41) is 3.45. The molecule has 0 aliphatic carbocycles. The van der Waals surface area contributed by atoms with Crippen LogP contribution in [-0.2, 0) is 0 Å². The molecular weight excluding hydrogens is 160 g/mol. The Morgan fingerprint density at radius 2 is 2.23 bits per heavy atom. The van der Waals surface area contributed by atoms with Crippen LogP contribution in [-0.4, -0.2) is 37.1 Å². The molecule has 0 aromatic heterocycles. The molecule has 1 aliphatic rings. The topological polar surface area (TPSA) is 15.3 Å². The van der Waals surface area contributed by atoms with Gasteiger partial charge in [0.25, 0.3) is 0 Å². The zero-order valence-corrected chi connectivity index (χ0v) is 9.18. The van der Waals surface area contributed by atoms with Crippen molar-refractivity contribution >= 4 is 0 Å². The van der Waals surface area contributed by atoms with Crippen LogP contribution in [0.5, 0.6) is 0 Å². The normalized spacial score (nSPS) is 24.0. The highest BCUT2D eigenvalue weighted by molar-refractivity contribution is 4.74. The molecule has 0 bridgehead atoms. The molecule has 1 unspecified atom stereocenters. The van der Waals surface area contributed by atoms with Gasteiger partial charge in [-0.2, -0.15) is 0 Å². The number of nitrogens with one attached hydrogen (secondary N) is 1. The molecule has 2 nitrogen and oxygen atoms in total. The smallest absolute Gasteiger partial charge is 0.00674 e. The van der Waals surface area contributed by atoms with Crippen molar-refractivity contribution in [1.82, 2.24) is 10.2 Å². The fraction of sp³-hybridized carbons (Fsp3) is 1.00. The molecule has 0 spiro atoms. The quantitative estimate of drug-likeness (QED) is 0.634. The Morgan fingerprint density at radius 1 is 1.38 bits per heavy atom. The van der Waals surface area contributed by atoms with Gasteiger partial charge in [-0.15, -0.1) is 0 Å². The van der Waals surface area contributed by atoms with Crippen LogP contribution in [0.2, 0.25) is 0 Å². The van der Waals surface area contributed by atoms with Crippen molar-refractivity contribution in [2.75, 3.05) is 26.2 Å². The van der Waals surface area contributed by atoms with Gasteiger partial charge in [0, 0.05) is 6.04 Å². The second kappa shape index (κ2) is 6.39. The van der Waals surface area contributed by atoms with Crippen LogP contribution in [0.4, 0.5) is 0 Å². The van der Waals surface area contributed by atoms with E-state index in [9.17, 15) is 0 Å². The molecule has 1 fully saturated rings. The minimum absolute atomic E-state index is 0.839.